The first-order chi connectivity index (χ1) is 4.43. The maximum absolute atomic E-state index is 5.46. The van der Waals surface area contributed by atoms with Crippen LogP contribution in [0.3, 0.4) is 0 Å². The molecule has 50 valence electrons. The van der Waals surface area contributed by atoms with Crippen molar-refractivity contribution in [3.8, 4) is 0 Å². The van der Waals surface area contributed by atoms with Gasteiger partial charge >= 0.3 is 0 Å². The van der Waals surface area contributed by atoms with E-state index in [4.69, 9.17) is 11.6 Å². The van der Waals surface area contributed by atoms with Crippen LogP contribution in [0.4, 0.5) is 0 Å². The van der Waals surface area contributed by atoms with Gasteiger partial charge in [0, 0.05) is 18.6 Å². The first kappa shape index (κ1) is 6.55. The van der Waals surface area contributed by atoms with Crippen molar-refractivity contribution in [1.82, 2.24) is 15.0 Å². The minimum atomic E-state index is 0.680. The molecule has 0 spiro atoms. The first-order valence-electron chi connectivity index (χ1n) is 2.83. The molecule has 0 bridgehead atoms. The molecule has 1 aromatic heterocycles. The summed E-state index contributed by atoms with van der Waals surface area (Å²) in [5.41, 5.74) is 0. The van der Waals surface area contributed by atoms with E-state index in [-0.39, 0.29) is 0 Å². The molecule has 0 aliphatic carbocycles. The minimum absolute atomic E-state index is 0.680. The smallest absolute Gasteiger partial charge is 0.0692 e. The maximum Gasteiger partial charge on any atom is 0.0692 e. The predicted molar refractivity (Wildman–Crippen MR) is 35.4 cm³/mol. The van der Waals surface area contributed by atoms with Gasteiger partial charge < -0.3 is 0 Å². The van der Waals surface area contributed by atoms with Crippen LogP contribution in [0.5, 0.6) is 0 Å². The van der Waals surface area contributed by atoms with Crippen LogP contribution >= 0.6 is 11.6 Å². The van der Waals surface area contributed by atoms with Gasteiger partial charge in [0.15, 0.2) is 0 Å². The highest BCUT2D eigenvalue weighted by molar-refractivity contribution is 6.17. The molecule has 0 aromatic carbocycles. The molecule has 0 fully saturated rings. The monoisotopic (exact) mass is 145 g/mol. The maximum atomic E-state index is 5.46. The van der Waals surface area contributed by atoms with E-state index in [0.717, 1.165) is 13.0 Å². The van der Waals surface area contributed by atoms with Gasteiger partial charge in [0.1, 0.15) is 0 Å². The summed E-state index contributed by atoms with van der Waals surface area (Å²) in [6.45, 7) is 0.865. The Kier molecular flexibility index (Phi) is 2.51. The number of hydrogen-bond donors (Lipinski definition) is 0. The van der Waals surface area contributed by atoms with Crippen molar-refractivity contribution in [2.45, 2.75) is 13.0 Å². The number of aromatic nitrogens is 3. The second-order valence-electron chi connectivity index (χ2n) is 1.71. The highest BCUT2D eigenvalue weighted by Crippen LogP contribution is 1.88. The fourth-order valence-corrected chi connectivity index (χ4v) is 0.693. The Morgan fingerprint density at radius 1 is 1.56 bits per heavy atom. The number of nitrogens with zero attached hydrogens (tertiary/aromatic N) is 3. The summed E-state index contributed by atoms with van der Waals surface area (Å²) in [5.74, 6) is 0.680. The molecule has 0 amide bonds. The van der Waals surface area contributed by atoms with Gasteiger partial charge in [-0.3, -0.25) is 4.68 Å². The predicted octanol–water partition coefficient (Wildman–Crippen LogP) is 0.907. The van der Waals surface area contributed by atoms with E-state index >= 15 is 0 Å². The Labute approximate surface area is 58.6 Å². The molecule has 0 aliphatic heterocycles. The fourth-order valence-electron chi connectivity index (χ4n) is 0.574. The summed E-state index contributed by atoms with van der Waals surface area (Å²) in [5, 5.41) is 7.41. The zero-order valence-corrected chi connectivity index (χ0v) is 5.75. The Bertz CT molecular complexity index is 149. The Balaban J connectivity index is 2.30. The second kappa shape index (κ2) is 3.45. The van der Waals surface area contributed by atoms with Crippen molar-refractivity contribution >= 4 is 11.6 Å². The van der Waals surface area contributed by atoms with E-state index in [0.29, 0.717) is 5.88 Å². The topological polar surface area (TPSA) is 30.7 Å². The standard InChI is InChI=1S/C5H8ClN3/c6-2-1-4-9-5-3-7-8-9/h3,5H,1-2,4H2. The van der Waals surface area contributed by atoms with Crippen LogP contribution in [0.15, 0.2) is 12.4 Å². The van der Waals surface area contributed by atoms with Gasteiger partial charge in [0.25, 0.3) is 0 Å². The van der Waals surface area contributed by atoms with Gasteiger partial charge in [-0.1, -0.05) is 5.21 Å². The van der Waals surface area contributed by atoms with E-state index in [2.05, 4.69) is 10.3 Å². The normalized spacial score (nSPS) is 9.89. The average molecular weight is 146 g/mol. The number of hydrogen-bond acceptors (Lipinski definition) is 2. The molecule has 0 N–H and O–H groups in total. The molecule has 0 aliphatic rings. The van der Waals surface area contributed by atoms with Crippen molar-refractivity contribution in [3.05, 3.63) is 12.4 Å². The van der Waals surface area contributed by atoms with Crippen LogP contribution < -0.4 is 0 Å². The van der Waals surface area contributed by atoms with E-state index in [9.17, 15) is 0 Å². The van der Waals surface area contributed by atoms with E-state index in [1.54, 1.807) is 10.9 Å². The van der Waals surface area contributed by atoms with Crippen molar-refractivity contribution in [2.24, 2.45) is 0 Å². The molecular formula is C5H8ClN3. The molecule has 3 nitrogen and oxygen atoms in total. The highest BCUT2D eigenvalue weighted by Gasteiger charge is 1.87. The van der Waals surface area contributed by atoms with Crippen molar-refractivity contribution in [3.63, 3.8) is 0 Å². The van der Waals surface area contributed by atoms with Gasteiger partial charge in [-0.25, -0.2) is 0 Å². The molecule has 4 heteroatoms. The number of aryl methyl sites for hydroxylation is 1. The molecule has 0 unspecified atom stereocenters. The fraction of sp³-hybridized carbons (Fsp3) is 0.600. The van der Waals surface area contributed by atoms with Crippen LogP contribution in [0, 0.1) is 0 Å². The third-order valence-electron chi connectivity index (χ3n) is 0.993. The largest absolute Gasteiger partial charge is 0.253 e. The van der Waals surface area contributed by atoms with Gasteiger partial charge in [-0.2, -0.15) is 0 Å². The van der Waals surface area contributed by atoms with Crippen LogP contribution in [0.2, 0.25) is 0 Å². The Morgan fingerprint density at radius 3 is 3.00 bits per heavy atom. The number of alkyl halides is 1. The average Bonchev–Trinajstić information content (AvgIpc) is 2.34. The molecule has 1 heterocycles. The third-order valence-corrected chi connectivity index (χ3v) is 1.26. The summed E-state index contributed by atoms with van der Waals surface area (Å²) < 4.78 is 1.77. The quantitative estimate of drug-likeness (QED) is 0.592. The zero-order valence-electron chi connectivity index (χ0n) is 5.00. The highest BCUT2D eigenvalue weighted by atomic mass is 35.5. The van der Waals surface area contributed by atoms with Crippen molar-refractivity contribution < 1.29 is 0 Å². The molecule has 0 atom stereocenters. The zero-order chi connectivity index (χ0) is 6.53. The van der Waals surface area contributed by atoms with Crippen LogP contribution in [0.25, 0.3) is 0 Å². The Morgan fingerprint density at radius 2 is 2.44 bits per heavy atom. The lowest BCUT2D eigenvalue weighted by Crippen LogP contribution is -1.98. The van der Waals surface area contributed by atoms with Gasteiger partial charge in [-0.05, 0) is 6.42 Å². The summed E-state index contributed by atoms with van der Waals surface area (Å²) in [6, 6.07) is 0. The van der Waals surface area contributed by atoms with Gasteiger partial charge in [0.2, 0.25) is 0 Å². The Hall–Kier alpha value is -0.570. The number of halogens is 1. The van der Waals surface area contributed by atoms with Crippen molar-refractivity contribution in [1.29, 1.82) is 0 Å². The molecule has 1 aromatic rings. The van der Waals surface area contributed by atoms with Gasteiger partial charge in [0.05, 0.1) is 6.20 Å². The molecule has 0 radical (unpaired) electrons. The molecular weight excluding hydrogens is 138 g/mol. The van der Waals surface area contributed by atoms with E-state index in [1.165, 1.54) is 0 Å². The van der Waals surface area contributed by atoms with Gasteiger partial charge in [-0.15, -0.1) is 16.7 Å². The molecule has 0 saturated heterocycles. The minimum Gasteiger partial charge on any atom is -0.253 e. The summed E-state index contributed by atoms with van der Waals surface area (Å²) >= 11 is 5.46. The lowest BCUT2D eigenvalue weighted by molar-refractivity contribution is 0.581. The lowest BCUT2D eigenvalue weighted by Gasteiger charge is -1.93. The van der Waals surface area contributed by atoms with Crippen LogP contribution in [-0.4, -0.2) is 20.9 Å². The van der Waals surface area contributed by atoms with E-state index < -0.39 is 0 Å². The SMILES string of the molecule is ClCCCn1ccnn1. The third kappa shape index (κ3) is 2.01. The van der Waals surface area contributed by atoms with Crippen molar-refractivity contribution in [2.75, 3.05) is 5.88 Å². The first-order valence-corrected chi connectivity index (χ1v) is 3.37. The summed E-state index contributed by atoms with van der Waals surface area (Å²) in [7, 11) is 0. The van der Waals surface area contributed by atoms with Crippen LogP contribution in [-0.2, 0) is 6.54 Å². The summed E-state index contributed by atoms with van der Waals surface area (Å²) in [6.07, 6.45) is 4.44. The molecule has 1 rings (SSSR count). The lowest BCUT2D eigenvalue weighted by atomic mass is 10.5. The second-order valence-corrected chi connectivity index (χ2v) is 2.09. The molecule has 9 heavy (non-hydrogen) atoms. The number of rotatable bonds is 3. The van der Waals surface area contributed by atoms with Crippen LogP contribution in [0.1, 0.15) is 6.42 Å². The molecule has 0 saturated carbocycles. The van der Waals surface area contributed by atoms with E-state index in [1.807, 2.05) is 6.20 Å². The summed E-state index contributed by atoms with van der Waals surface area (Å²) in [4.78, 5) is 0.